The molecule has 1 saturated heterocycles. The zero-order chi connectivity index (χ0) is 34.9. The van der Waals surface area contributed by atoms with Gasteiger partial charge in [-0.3, -0.25) is 4.90 Å². The minimum Gasteiger partial charge on any atom is -0.394 e. The number of unbranched alkanes of at least 4 members (excludes halogenated alkanes) is 1. The number of aliphatic hydroxyl groups excluding tert-OH is 1. The molecule has 9 nitrogen and oxygen atoms in total. The number of fused-ring (bicyclic) bond motifs is 2. The van der Waals surface area contributed by atoms with Gasteiger partial charge in [0.2, 0.25) is 0 Å². The summed E-state index contributed by atoms with van der Waals surface area (Å²) in [4.78, 5) is 17.4. The van der Waals surface area contributed by atoms with Crippen LogP contribution in [0.5, 0.6) is 0 Å². The van der Waals surface area contributed by atoms with Crippen LogP contribution in [0.4, 0.5) is 18.9 Å². The number of hydrogen-bond donors (Lipinski definition) is 2. The maximum absolute atomic E-state index is 12.6. The number of ether oxygens (including phenoxy) is 2. The van der Waals surface area contributed by atoms with Gasteiger partial charge < -0.3 is 30.1 Å². The van der Waals surface area contributed by atoms with Crippen molar-refractivity contribution in [2.75, 3.05) is 79.4 Å². The molecule has 2 heterocycles. The van der Waals surface area contributed by atoms with Gasteiger partial charge in [-0.25, -0.2) is 4.99 Å². The molecule has 13 heteroatoms. The Balaban J connectivity index is 0.000000227. The molecule has 0 unspecified atom stereocenters. The predicted molar refractivity (Wildman–Crippen MR) is 188 cm³/mol. The van der Waals surface area contributed by atoms with Gasteiger partial charge in [0.15, 0.2) is 0 Å². The smallest absolute Gasteiger partial charge is 0.394 e. The van der Waals surface area contributed by atoms with Crippen molar-refractivity contribution in [2.45, 2.75) is 35.2 Å². The molecule has 0 radical (unpaired) electrons. The lowest BCUT2D eigenvalue weighted by Crippen LogP contribution is -2.49. The van der Waals surface area contributed by atoms with Crippen molar-refractivity contribution >= 4 is 29.0 Å². The fraction of sp³-hybridized carbons (Fsp3) is 0.444. The molecular formula is C36H46F3N5O4S. The minimum absolute atomic E-state index is 0.0898. The summed E-state index contributed by atoms with van der Waals surface area (Å²) in [6.07, 6.45) is -2.10. The van der Waals surface area contributed by atoms with Gasteiger partial charge in [-0.15, -0.1) is 0 Å². The zero-order valence-corrected chi connectivity index (χ0v) is 28.7. The van der Waals surface area contributed by atoms with E-state index in [1.54, 1.807) is 18.9 Å². The lowest BCUT2D eigenvalue weighted by atomic mass is 10.0. The first kappa shape index (κ1) is 38.3. The average Bonchev–Trinajstić information content (AvgIpc) is 3.28. The first-order valence-corrected chi connectivity index (χ1v) is 17.3. The highest BCUT2D eigenvalue weighted by Crippen LogP contribution is 2.40. The number of aliphatic hydroxyl groups is 1. The summed E-state index contributed by atoms with van der Waals surface area (Å²) in [6.45, 7) is 7.23. The molecule has 0 aromatic heterocycles. The molecule has 3 aromatic carbocycles. The third-order valence-corrected chi connectivity index (χ3v) is 8.98. The highest BCUT2D eigenvalue weighted by Gasteiger charge is 2.30. The van der Waals surface area contributed by atoms with Crippen LogP contribution >= 0.6 is 11.8 Å². The van der Waals surface area contributed by atoms with Crippen molar-refractivity contribution < 1.29 is 32.6 Å². The van der Waals surface area contributed by atoms with E-state index in [-0.39, 0.29) is 13.2 Å². The van der Waals surface area contributed by atoms with E-state index in [2.05, 4.69) is 63.5 Å². The summed E-state index contributed by atoms with van der Waals surface area (Å²) in [5.41, 5.74) is 8.14. The molecule has 0 amide bonds. The lowest BCUT2D eigenvalue weighted by molar-refractivity contribution is -0.137. The lowest BCUT2D eigenvalue weighted by Gasteiger charge is -2.36. The van der Waals surface area contributed by atoms with Crippen molar-refractivity contribution in [3.63, 3.8) is 0 Å². The largest absolute Gasteiger partial charge is 0.416 e. The zero-order valence-electron chi connectivity index (χ0n) is 27.9. The second-order valence-corrected chi connectivity index (χ2v) is 12.4. The highest BCUT2D eigenvalue weighted by atomic mass is 32.2. The van der Waals surface area contributed by atoms with E-state index < -0.39 is 11.7 Å². The summed E-state index contributed by atoms with van der Waals surface area (Å²) in [5, 5.41) is 12.8. The number of rotatable bonds is 14. The Labute approximate surface area is 290 Å². The number of piperazine rings is 1. The summed E-state index contributed by atoms with van der Waals surface area (Å²) in [5.74, 6) is 1.08. The minimum atomic E-state index is -4.34. The molecule has 0 bridgehead atoms. The number of hydrogen-bond acceptors (Lipinski definition) is 10. The molecule has 0 saturated carbocycles. The number of benzene rings is 3. The second kappa shape index (κ2) is 20.3. The van der Waals surface area contributed by atoms with Crippen LogP contribution in [0, 0.1) is 0 Å². The Morgan fingerprint density at radius 2 is 1.61 bits per heavy atom. The van der Waals surface area contributed by atoms with Crippen molar-refractivity contribution in [1.29, 1.82) is 0 Å². The van der Waals surface area contributed by atoms with Crippen LogP contribution in [0.2, 0.25) is 0 Å². The second-order valence-electron chi connectivity index (χ2n) is 11.4. The molecular weight excluding hydrogens is 655 g/mol. The number of alkyl halides is 3. The third kappa shape index (κ3) is 12.1. The van der Waals surface area contributed by atoms with Crippen LogP contribution in [0.25, 0.3) is 0 Å². The SMILES string of the molecule is COCCCC/C(=N\OCCN)c1ccc(C(F)(F)F)cc1.OCCOCCN1CCN(C2=Nc3ccccc3Sc3ccccc32)CC1. The van der Waals surface area contributed by atoms with Crippen LogP contribution < -0.4 is 5.73 Å². The Kier molecular flexibility index (Phi) is 15.9. The maximum atomic E-state index is 12.6. The van der Waals surface area contributed by atoms with E-state index in [9.17, 15) is 13.2 Å². The molecule has 0 atom stereocenters. The van der Waals surface area contributed by atoms with E-state index in [4.69, 9.17) is 30.1 Å². The first-order chi connectivity index (χ1) is 23.8. The molecule has 1 fully saturated rings. The summed E-state index contributed by atoms with van der Waals surface area (Å²) in [6, 6.07) is 21.8. The van der Waals surface area contributed by atoms with E-state index in [0.717, 1.165) is 69.2 Å². The standard InChI is InChI=1S/C21H25N3O2S.C15H21F3N2O2/c25-14-16-26-15-13-23-9-11-24(12-10-23)21-17-5-1-3-7-19(17)27-20-8-4-2-6-18(20)22-21;1-21-10-3-2-4-14(20-22-11-9-19)12-5-7-13(8-6-12)15(16,17)18/h1-8,25H,9-16H2;5-8H,2-4,9-11,19H2,1H3/b;20-14+. The highest BCUT2D eigenvalue weighted by molar-refractivity contribution is 7.99. The van der Waals surface area contributed by atoms with Gasteiger partial charge in [-0.2, -0.15) is 13.2 Å². The van der Waals surface area contributed by atoms with Crippen LogP contribution in [-0.2, 0) is 20.5 Å². The number of amidine groups is 1. The van der Waals surface area contributed by atoms with Crippen LogP contribution in [0.1, 0.15) is 36.0 Å². The number of para-hydroxylation sites is 1. The van der Waals surface area contributed by atoms with Crippen molar-refractivity contribution in [3.05, 3.63) is 89.5 Å². The molecule has 49 heavy (non-hydrogen) atoms. The van der Waals surface area contributed by atoms with Crippen molar-refractivity contribution in [1.82, 2.24) is 9.80 Å². The van der Waals surface area contributed by atoms with Gasteiger partial charge in [0, 0.05) is 68.3 Å². The number of nitrogens with zero attached hydrogens (tertiary/aromatic N) is 4. The molecule has 3 aromatic rings. The van der Waals surface area contributed by atoms with Crippen LogP contribution in [-0.4, -0.2) is 106 Å². The Hall–Kier alpha value is -3.46. The maximum Gasteiger partial charge on any atom is 0.416 e. The van der Waals surface area contributed by atoms with Gasteiger partial charge in [-0.05, 0) is 55.2 Å². The fourth-order valence-corrected chi connectivity index (χ4v) is 6.28. The van der Waals surface area contributed by atoms with Gasteiger partial charge in [0.1, 0.15) is 12.4 Å². The Bertz CT molecular complexity index is 1480. The number of halogens is 3. The summed E-state index contributed by atoms with van der Waals surface area (Å²) >= 11 is 1.80. The fourth-order valence-electron chi connectivity index (χ4n) is 5.26. The predicted octanol–water partition coefficient (Wildman–Crippen LogP) is 6.06. The molecule has 2 aliphatic heterocycles. The molecule has 5 rings (SSSR count). The summed E-state index contributed by atoms with van der Waals surface area (Å²) in [7, 11) is 1.62. The molecule has 3 N–H and O–H groups in total. The third-order valence-electron chi connectivity index (χ3n) is 7.84. The van der Waals surface area contributed by atoms with E-state index in [1.165, 1.54) is 27.5 Å². The average molecular weight is 702 g/mol. The number of oxime groups is 1. The number of nitrogens with two attached hydrogens (primary N) is 1. The number of methoxy groups -OCH3 is 1. The Morgan fingerprint density at radius 1 is 0.898 bits per heavy atom. The van der Waals surface area contributed by atoms with Gasteiger partial charge >= 0.3 is 6.18 Å². The van der Waals surface area contributed by atoms with Gasteiger partial charge in [0.05, 0.1) is 36.8 Å². The normalized spacial score (nSPS) is 15.0. The van der Waals surface area contributed by atoms with Gasteiger partial charge in [0.25, 0.3) is 0 Å². The molecule has 0 aliphatic carbocycles. The number of aliphatic imine (C=N–C) groups is 1. The Morgan fingerprint density at radius 3 is 2.31 bits per heavy atom. The van der Waals surface area contributed by atoms with E-state index in [1.807, 2.05) is 0 Å². The van der Waals surface area contributed by atoms with Crippen LogP contribution in [0.15, 0.2) is 92.7 Å². The van der Waals surface area contributed by atoms with E-state index >= 15 is 0 Å². The van der Waals surface area contributed by atoms with Crippen molar-refractivity contribution in [3.8, 4) is 0 Å². The first-order valence-electron chi connectivity index (χ1n) is 16.5. The molecule has 266 valence electrons. The monoisotopic (exact) mass is 701 g/mol. The van der Waals surface area contributed by atoms with Crippen molar-refractivity contribution in [2.24, 2.45) is 15.9 Å². The van der Waals surface area contributed by atoms with E-state index in [0.29, 0.717) is 44.1 Å². The van der Waals surface area contributed by atoms with Crippen LogP contribution in [0.3, 0.4) is 0 Å². The molecule has 2 aliphatic rings. The summed E-state index contributed by atoms with van der Waals surface area (Å²) < 4.78 is 48.1. The molecule has 0 spiro atoms. The van der Waals surface area contributed by atoms with Gasteiger partial charge in [-0.1, -0.05) is 59.4 Å². The quantitative estimate of drug-likeness (QED) is 0.119. The topological polar surface area (TPSA) is 105 Å².